The lowest BCUT2D eigenvalue weighted by Crippen LogP contribution is -2.14. The zero-order valence-corrected chi connectivity index (χ0v) is 76.2. The van der Waals surface area contributed by atoms with E-state index in [1.54, 1.807) is 23.5 Å². The maximum Gasteiger partial charge on any atom is 0.0775 e. The predicted molar refractivity (Wildman–Crippen MR) is 424 cm³/mol. The predicted octanol–water partition coefficient (Wildman–Crippen LogP) is 9.96. The van der Waals surface area contributed by atoms with Crippen LogP contribution in [0.15, 0.2) is 30.3 Å². The first-order chi connectivity index (χ1) is 33.5. The molecule has 2 aliphatic rings. The van der Waals surface area contributed by atoms with Gasteiger partial charge in [0.25, 0.3) is 0 Å². The molecule has 1 unspecified atom stereocenters. The van der Waals surface area contributed by atoms with Crippen molar-refractivity contribution in [1.82, 2.24) is 0 Å². The summed E-state index contributed by atoms with van der Waals surface area (Å²) >= 11 is 55.7. The molecule has 24 heteroatoms. The van der Waals surface area contributed by atoms with Crippen molar-refractivity contribution in [1.29, 1.82) is 0 Å². The van der Waals surface area contributed by atoms with E-state index in [0.29, 0.717) is 11.8 Å². The summed E-state index contributed by atoms with van der Waals surface area (Å²) in [5.74, 6) is 2.81. The van der Waals surface area contributed by atoms with Crippen molar-refractivity contribution in [2.45, 2.75) is 133 Å². The molecule has 1 aromatic rings. The summed E-state index contributed by atoms with van der Waals surface area (Å²) in [6.07, 6.45) is 14.8. The SMILES string of the molecule is CC(=S)SC[SiH3].CC(C)(C)C(=S)SC[SiH3].CC(C)C(=S)SC[SiH3].CCC(=S)SC[SiH3].CCC(C)C(=S)SC[SiH3].[SiH3]CSC(=S)C1CCCC1.[SiH3]CSC(=S)C1CCCCC1.[SiH3]CSC(=S)c1ccccc1. The Bertz CT molecular complexity index is 1520. The topological polar surface area (TPSA) is 0 Å². The van der Waals surface area contributed by atoms with Crippen molar-refractivity contribution in [3.05, 3.63) is 35.9 Å². The summed E-state index contributed by atoms with van der Waals surface area (Å²) in [6.45, 7) is 19.2. The van der Waals surface area contributed by atoms with Gasteiger partial charge in [-0.2, -0.15) is 0 Å². The molecule has 0 aliphatic heterocycles. The van der Waals surface area contributed by atoms with E-state index in [-0.39, 0.29) is 5.41 Å². The summed E-state index contributed by atoms with van der Waals surface area (Å²) in [5, 5.41) is 10.00. The van der Waals surface area contributed by atoms with Crippen LogP contribution in [0.25, 0.3) is 0 Å². The molecular formula is C47H98S16Si8. The van der Waals surface area contributed by atoms with Crippen molar-refractivity contribution in [2.75, 3.05) is 43.0 Å². The Hall–Kier alpha value is 4.48. The van der Waals surface area contributed by atoms with Gasteiger partial charge in [-0.05, 0) is 106 Å². The molecule has 0 amide bonds. The summed E-state index contributed by atoms with van der Waals surface area (Å²) in [4.78, 5) is 0. The number of thioether (sulfide) groups is 8. The van der Waals surface area contributed by atoms with E-state index in [0.717, 1.165) is 35.0 Å². The fourth-order valence-electron chi connectivity index (χ4n) is 5.38. The number of thiocarbonyl (C=S) groups is 8. The van der Waals surface area contributed by atoms with E-state index in [2.05, 4.69) is 67.5 Å². The van der Waals surface area contributed by atoms with Gasteiger partial charge in [0.1, 0.15) is 0 Å². The van der Waals surface area contributed by atoms with Crippen LogP contribution >= 0.6 is 192 Å². The highest BCUT2D eigenvalue weighted by Gasteiger charge is 2.19. The Labute approximate surface area is 541 Å². The van der Waals surface area contributed by atoms with E-state index in [1.807, 2.05) is 95.7 Å². The minimum atomic E-state index is 0.227. The Morgan fingerprint density at radius 2 is 0.901 bits per heavy atom. The third-order valence-electron chi connectivity index (χ3n) is 9.37. The highest BCUT2D eigenvalue weighted by Crippen LogP contribution is 2.30. The average molecular weight is 1400 g/mol. The van der Waals surface area contributed by atoms with E-state index in [4.69, 9.17) is 97.7 Å². The van der Waals surface area contributed by atoms with Crippen molar-refractivity contribution >= 4 is 307 Å². The molecule has 0 radical (unpaired) electrons. The number of rotatable bonds is 15. The number of hydrogen-bond donors (Lipinski definition) is 0. The Morgan fingerprint density at radius 3 is 1.17 bits per heavy atom. The highest BCUT2D eigenvalue weighted by atomic mass is 32.2. The molecule has 0 heterocycles. The summed E-state index contributed by atoms with van der Waals surface area (Å²) < 4.78 is 9.39. The highest BCUT2D eigenvalue weighted by molar-refractivity contribution is 8.26. The number of benzene rings is 1. The van der Waals surface area contributed by atoms with E-state index in [9.17, 15) is 0 Å². The molecular weight excluding hydrogens is 1300 g/mol. The maximum absolute atomic E-state index is 5.36. The maximum atomic E-state index is 5.36. The Kier molecular flexibility index (Phi) is 71.9. The molecule has 2 saturated carbocycles. The Morgan fingerprint density at radius 1 is 0.521 bits per heavy atom. The summed E-state index contributed by atoms with van der Waals surface area (Å²) in [7, 11) is 10.1. The smallest absolute Gasteiger partial charge is 0.0775 e. The molecule has 1 atom stereocenters. The van der Waals surface area contributed by atoms with Crippen LogP contribution in [0.1, 0.15) is 139 Å². The van der Waals surface area contributed by atoms with Crippen LogP contribution in [-0.4, -0.2) is 159 Å². The minimum Gasteiger partial charge on any atom is -0.123 e. The van der Waals surface area contributed by atoms with Crippen molar-refractivity contribution in [2.24, 2.45) is 29.1 Å². The number of hydrogen-bond acceptors (Lipinski definition) is 16. The van der Waals surface area contributed by atoms with Gasteiger partial charge in [0.05, 0.1) is 25.2 Å². The lowest BCUT2D eigenvalue weighted by atomic mass is 9.91. The fourth-order valence-corrected chi connectivity index (χ4v) is 26.9. The first-order valence-corrected chi connectivity index (χ1v) is 48.3. The molecule has 0 saturated heterocycles. The second kappa shape index (κ2) is 60.6. The normalized spacial score (nSPS) is 13.5. The molecule has 0 bridgehead atoms. The molecule has 414 valence electrons. The van der Waals surface area contributed by atoms with Gasteiger partial charge >= 0.3 is 0 Å². The molecule has 0 nitrogen and oxygen atoms in total. The fraction of sp³-hybridized carbons (Fsp3) is 0.702. The van der Waals surface area contributed by atoms with Gasteiger partial charge in [-0.25, -0.2) is 0 Å². The standard InChI is InChI=1S/C8H16S2Si.C8H10S2Si.C7H14S2Si.2C6H14S2Si.C5H12S2Si.C4H10S2Si.C3H8S2Si/c2*9-8(10-6-11)7-4-2-1-3-5-7;8-7(9-5-10)6-3-1-2-4-6;1-6(2,3)5(7)8-4-9;1-3-5(2)6(7)8-4-9;1-4(2)5(6)7-3-8;1-2-4(5)6-3-7;1-3(4)5-2-6/h7H,1-6H2,11H3;1-5H,6H2,11H3;6H,1-5H2,10H3;4H2,1-3,9H3;5H,3-4H2,1-2,9H3;4H,3H2,1-2,8H3;2-3H2,1,7H3;2H2,1,6H3. The van der Waals surface area contributed by atoms with E-state index in [1.165, 1.54) is 212 Å². The van der Waals surface area contributed by atoms with Gasteiger partial charge in [0, 0.05) is 108 Å². The lowest BCUT2D eigenvalue weighted by molar-refractivity contribution is 0.446. The van der Waals surface area contributed by atoms with Crippen molar-refractivity contribution in [3.8, 4) is 0 Å². The summed E-state index contributed by atoms with van der Waals surface area (Å²) in [6, 6.07) is 10.2. The quantitative estimate of drug-likeness (QED) is 0.121. The third-order valence-corrected chi connectivity index (χ3v) is 29.2. The molecule has 71 heavy (non-hydrogen) atoms. The second-order valence-electron chi connectivity index (χ2n) is 16.9. The molecule has 0 aromatic heterocycles. The van der Waals surface area contributed by atoms with Gasteiger partial charge in [-0.15, -0.1) is 94.1 Å². The summed E-state index contributed by atoms with van der Waals surface area (Å²) in [5.41, 5.74) is 1.41. The molecule has 2 fully saturated rings. The van der Waals surface area contributed by atoms with Crippen LogP contribution in [0.3, 0.4) is 0 Å². The zero-order valence-electron chi connectivity index (χ0n) is 47.2. The first-order valence-electron chi connectivity index (χ1n) is 25.8. The molecule has 1 aromatic carbocycles. The van der Waals surface area contributed by atoms with Crippen LogP contribution in [0.4, 0.5) is 0 Å². The van der Waals surface area contributed by atoms with Gasteiger partial charge in [0.2, 0.25) is 0 Å². The second-order valence-corrected chi connectivity index (χ2v) is 47.1. The molecule has 3 rings (SSSR count). The van der Waals surface area contributed by atoms with Gasteiger partial charge < -0.3 is 0 Å². The van der Waals surface area contributed by atoms with Crippen LogP contribution in [-0.2, 0) is 0 Å². The van der Waals surface area contributed by atoms with Crippen LogP contribution in [0.2, 0.25) is 0 Å². The van der Waals surface area contributed by atoms with Crippen LogP contribution in [0.5, 0.6) is 0 Å². The van der Waals surface area contributed by atoms with Crippen LogP contribution in [0, 0.1) is 29.1 Å². The van der Waals surface area contributed by atoms with Gasteiger partial charge in [0.15, 0.2) is 0 Å². The van der Waals surface area contributed by atoms with Crippen molar-refractivity contribution < 1.29 is 0 Å². The van der Waals surface area contributed by atoms with Gasteiger partial charge in [-0.1, -0.05) is 216 Å². The van der Waals surface area contributed by atoms with Gasteiger partial charge in [-0.3, -0.25) is 0 Å². The van der Waals surface area contributed by atoms with Crippen LogP contribution < -0.4 is 0 Å². The first kappa shape index (κ1) is 84.3. The average Bonchev–Trinajstić information content (AvgIpc) is 3.89. The molecule has 2 aliphatic carbocycles. The van der Waals surface area contributed by atoms with E-state index < -0.39 is 0 Å². The zero-order chi connectivity index (χ0) is 55.6. The van der Waals surface area contributed by atoms with Crippen molar-refractivity contribution in [3.63, 3.8) is 0 Å². The Balaban J connectivity index is -0.000000235. The molecule has 0 spiro atoms. The molecule has 0 N–H and O–H groups in total. The van der Waals surface area contributed by atoms with E-state index >= 15 is 0 Å². The third kappa shape index (κ3) is 58.9. The largest absolute Gasteiger partial charge is 0.123 e. The minimum absolute atomic E-state index is 0.227. The lowest BCUT2D eigenvalue weighted by Gasteiger charge is -2.21. The monoisotopic (exact) mass is 1400 g/mol.